The van der Waals surface area contributed by atoms with E-state index in [2.05, 4.69) is 15.3 Å². The number of amides is 1. The normalized spacial score (nSPS) is 11.2. The van der Waals surface area contributed by atoms with Gasteiger partial charge in [0.15, 0.2) is 0 Å². The largest absolute Gasteiger partial charge is 0.351 e. The molecule has 1 aromatic rings. The molecule has 1 heterocycles. The van der Waals surface area contributed by atoms with Crippen molar-refractivity contribution in [2.24, 2.45) is 0 Å². The highest BCUT2D eigenvalue weighted by Crippen LogP contribution is 2.01. The Bertz CT molecular complexity index is 487. The van der Waals surface area contributed by atoms with Crippen molar-refractivity contribution in [3.8, 4) is 0 Å². The number of carbonyl (C=O) groups is 1. The van der Waals surface area contributed by atoms with Gasteiger partial charge in [0.25, 0.3) is 5.91 Å². The predicted octanol–water partition coefficient (Wildman–Crippen LogP) is 0.295. The fourth-order valence-electron chi connectivity index (χ4n) is 1.06. The number of hydrogen-bond donors (Lipinski definition) is 1. The fraction of sp³-hybridized carbons (Fsp3) is 0.444. The second-order valence-electron chi connectivity index (χ2n) is 3.46. The number of nitrogens with one attached hydrogen (secondary N) is 1. The van der Waals surface area contributed by atoms with Crippen LogP contribution in [0, 0.1) is 0 Å². The van der Waals surface area contributed by atoms with Gasteiger partial charge in [-0.15, -0.1) is 0 Å². The molecule has 8 heteroatoms. The minimum atomic E-state index is -2.99. The zero-order valence-corrected chi connectivity index (χ0v) is 10.8. The van der Waals surface area contributed by atoms with Gasteiger partial charge < -0.3 is 5.32 Å². The van der Waals surface area contributed by atoms with Crippen LogP contribution in [-0.2, 0) is 9.84 Å². The Morgan fingerprint density at radius 2 is 2.12 bits per heavy atom. The third kappa shape index (κ3) is 5.60. The molecule has 0 saturated carbocycles. The van der Waals surface area contributed by atoms with Crippen LogP contribution in [0.5, 0.6) is 0 Å². The summed E-state index contributed by atoms with van der Waals surface area (Å²) in [6, 6.07) is 0. The average Bonchev–Trinajstić information content (AvgIpc) is 2.24. The van der Waals surface area contributed by atoms with Crippen LogP contribution >= 0.6 is 11.6 Å². The van der Waals surface area contributed by atoms with Gasteiger partial charge in [-0.1, -0.05) is 11.6 Å². The lowest BCUT2D eigenvalue weighted by atomic mass is 10.4. The molecule has 1 rings (SSSR count). The lowest BCUT2D eigenvalue weighted by Crippen LogP contribution is -2.26. The summed E-state index contributed by atoms with van der Waals surface area (Å²) < 4.78 is 21.7. The van der Waals surface area contributed by atoms with Gasteiger partial charge in [-0.3, -0.25) is 4.79 Å². The molecule has 0 aliphatic carbocycles. The lowest BCUT2D eigenvalue weighted by molar-refractivity contribution is 0.0948. The Kier molecular flexibility index (Phi) is 4.83. The average molecular weight is 278 g/mol. The first kappa shape index (κ1) is 13.9. The molecule has 0 spiro atoms. The summed E-state index contributed by atoms with van der Waals surface area (Å²) in [4.78, 5) is 19.0. The topological polar surface area (TPSA) is 89.0 Å². The van der Waals surface area contributed by atoms with Crippen molar-refractivity contribution in [2.45, 2.75) is 6.42 Å². The maximum absolute atomic E-state index is 11.5. The van der Waals surface area contributed by atoms with Crippen LogP contribution in [0.15, 0.2) is 12.4 Å². The SMILES string of the molecule is CS(=O)(=O)CCCNC(=O)c1cnc(Cl)cn1. The molecule has 0 aliphatic heterocycles. The van der Waals surface area contributed by atoms with E-state index < -0.39 is 15.7 Å². The first-order valence-electron chi connectivity index (χ1n) is 4.82. The molecule has 1 aromatic heterocycles. The van der Waals surface area contributed by atoms with Gasteiger partial charge in [0.2, 0.25) is 0 Å². The minimum Gasteiger partial charge on any atom is -0.351 e. The van der Waals surface area contributed by atoms with Crippen LogP contribution < -0.4 is 5.32 Å². The highest BCUT2D eigenvalue weighted by Gasteiger charge is 2.07. The van der Waals surface area contributed by atoms with E-state index in [9.17, 15) is 13.2 Å². The Morgan fingerprint density at radius 1 is 1.41 bits per heavy atom. The Labute approximate surface area is 104 Å². The second kappa shape index (κ2) is 5.92. The van der Waals surface area contributed by atoms with Crippen LogP contribution in [0.2, 0.25) is 5.15 Å². The number of nitrogens with zero attached hydrogens (tertiary/aromatic N) is 2. The zero-order valence-electron chi connectivity index (χ0n) is 9.18. The molecule has 17 heavy (non-hydrogen) atoms. The van der Waals surface area contributed by atoms with Gasteiger partial charge in [-0.25, -0.2) is 18.4 Å². The maximum Gasteiger partial charge on any atom is 0.271 e. The van der Waals surface area contributed by atoms with Crippen LogP contribution in [0.3, 0.4) is 0 Å². The van der Waals surface area contributed by atoms with Crippen molar-refractivity contribution in [1.29, 1.82) is 0 Å². The summed E-state index contributed by atoms with van der Waals surface area (Å²) in [5.41, 5.74) is 0.147. The minimum absolute atomic E-state index is 0.0412. The molecule has 0 aliphatic rings. The number of rotatable bonds is 5. The second-order valence-corrected chi connectivity index (χ2v) is 6.11. The third-order valence-electron chi connectivity index (χ3n) is 1.83. The van der Waals surface area contributed by atoms with E-state index in [1.807, 2.05) is 0 Å². The van der Waals surface area contributed by atoms with E-state index in [1.165, 1.54) is 12.4 Å². The van der Waals surface area contributed by atoms with Crippen LogP contribution in [0.25, 0.3) is 0 Å². The number of carbonyl (C=O) groups excluding carboxylic acids is 1. The Balaban J connectivity index is 2.38. The van der Waals surface area contributed by atoms with E-state index >= 15 is 0 Å². The third-order valence-corrected chi connectivity index (χ3v) is 3.06. The summed E-state index contributed by atoms with van der Waals surface area (Å²) in [5.74, 6) is -0.359. The summed E-state index contributed by atoms with van der Waals surface area (Å²) in [6.07, 6.45) is 4.05. The van der Waals surface area contributed by atoms with Gasteiger partial charge in [-0.2, -0.15) is 0 Å². The summed E-state index contributed by atoms with van der Waals surface area (Å²) in [5, 5.41) is 2.75. The number of sulfone groups is 1. The smallest absolute Gasteiger partial charge is 0.271 e. The summed E-state index contributed by atoms with van der Waals surface area (Å²) >= 11 is 5.52. The van der Waals surface area contributed by atoms with Gasteiger partial charge in [0.1, 0.15) is 20.7 Å². The first-order valence-corrected chi connectivity index (χ1v) is 7.26. The monoisotopic (exact) mass is 277 g/mol. The lowest BCUT2D eigenvalue weighted by Gasteiger charge is -2.03. The highest BCUT2D eigenvalue weighted by molar-refractivity contribution is 7.90. The van der Waals surface area contributed by atoms with Crippen LogP contribution in [0.1, 0.15) is 16.9 Å². The fourth-order valence-corrected chi connectivity index (χ4v) is 1.82. The van der Waals surface area contributed by atoms with Crippen molar-refractivity contribution in [3.05, 3.63) is 23.2 Å². The molecule has 0 aromatic carbocycles. The maximum atomic E-state index is 11.5. The molecule has 0 radical (unpaired) electrons. The van der Waals surface area contributed by atoms with Crippen molar-refractivity contribution < 1.29 is 13.2 Å². The molecular formula is C9H12ClN3O3S. The Hall–Kier alpha value is -1.21. The molecule has 6 nitrogen and oxygen atoms in total. The number of halogens is 1. The molecule has 1 amide bonds. The standard InChI is InChI=1S/C9H12ClN3O3S/c1-17(15,16)4-2-3-11-9(14)7-5-13-8(10)6-12-7/h5-6H,2-4H2,1H3,(H,11,14). The van der Waals surface area contributed by atoms with E-state index in [1.54, 1.807) is 0 Å². The van der Waals surface area contributed by atoms with Crippen LogP contribution in [0.4, 0.5) is 0 Å². The molecule has 0 atom stereocenters. The highest BCUT2D eigenvalue weighted by atomic mass is 35.5. The predicted molar refractivity (Wildman–Crippen MR) is 63.7 cm³/mol. The molecule has 0 saturated heterocycles. The van der Waals surface area contributed by atoms with E-state index in [0.29, 0.717) is 6.42 Å². The van der Waals surface area contributed by atoms with Gasteiger partial charge >= 0.3 is 0 Å². The molecule has 0 fully saturated rings. The van der Waals surface area contributed by atoms with Crippen molar-refractivity contribution in [1.82, 2.24) is 15.3 Å². The number of hydrogen-bond acceptors (Lipinski definition) is 5. The van der Waals surface area contributed by atoms with Gasteiger partial charge in [0.05, 0.1) is 18.1 Å². The molecule has 94 valence electrons. The quantitative estimate of drug-likeness (QED) is 0.782. The van der Waals surface area contributed by atoms with Gasteiger partial charge in [-0.05, 0) is 6.42 Å². The number of aromatic nitrogens is 2. The van der Waals surface area contributed by atoms with Crippen LogP contribution in [-0.4, -0.2) is 42.8 Å². The van der Waals surface area contributed by atoms with Gasteiger partial charge in [0, 0.05) is 12.8 Å². The molecule has 0 unspecified atom stereocenters. The summed E-state index contributed by atoms with van der Waals surface area (Å²) in [7, 11) is -2.99. The molecular weight excluding hydrogens is 266 g/mol. The zero-order chi connectivity index (χ0) is 12.9. The molecule has 0 bridgehead atoms. The Morgan fingerprint density at radius 3 is 2.65 bits per heavy atom. The van der Waals surface area contributed by atoms with E-state index in [-0.39, 0.29) is 23.1 Å². The van der Waals surface area contributed by atoms with Crippen molar-refractivity contribution in [2.75, 3.05) is 18.6 Å². The summed E-state index contributed by atoms with van der Waals surface area (Å²) in [6.45, 7) is 0.274. The first-order chi connectivity index (χ1) is 7.88. The van der Waals surface area contributed by atoms with E-state index in [0.717, 1.165) is 6.26 Å². The molecule has 1 N–H and O–H groups in total. The van der Waals surface area contributed by atoms with Crippen molar-refractivity contribution in [3.63, 3.8) is 0 Å². The van der Waals surface area contributed by atoms with E-state index in [4.69, 9.17) is 11.6 Å². The van der Waals surface area contributed by atoms with Crippen molar-refractivity contribution >= 4 is 27.3 Å².